The predicted molar refractivity (Wildman–Crippen MR) is 85.5 cm³/mol. The van der Waals surface area contributed by atoms with Crippen LogP contribution in [0.25, 0.3) is 0 Å². The number of hydrogen-bond donors (Lipinski definition) is 1. The van der Waals surface area contributed by atoms with E-state index in [9.17, 15) is 4.79 Å². The van der Waals surface area contributed by atoms with Crippen molar-refractivity contribution in [1.82, 2.24) is 9.97 Å². The van der Waals surface area contributed by atoms with Crippen molar-refractivity contribution in [3.63, 3.8) is 0 Å². The van der Waals surface area contributed by atoms with Crippen LogP contribution in [-0.4, -0.2) is 40.3 Å². The van der Waals surface area contributed by atoms with Gasteiger partial charge in [0, 0.05) is 19.7 Å². The van der Waals surface area contributed by atoms with E-state index in [1.807, 2.05) is 18.2 Å². The van der Waals surface area contributed by atoms with Crippen molar-refractivity contribution < 1.29 is 14.6 Å². The minimum atomic E-state index is -1.07. The molecule has 1 unspecified atom stereocenters. The molecule has 6 heteroatoms. The zero-order valence-electron chi connectivity index (χ0n) is 12.8. The van der Waals surface area contributed by atoms with E-state index in [1.165, 1.54) is 12.4 Å². The van der Waals surface area contributed by atoms with Crippen molar-refractivity contribution in [2.45, 2.75) is 25.5 Å². The monoisotopic (exact) mass is 313 g/mol. The summed E-state index contributed by atoms with van der Waals surface area (Å²) in [6.45, 7) is 2.20. The molecule has 0 aliphatic carbocycles. The third-order valence-electron chi connectivity index (χ3n) is 3.85. The van der Waals surface area contributed by atoms with Gasteiger partial charge in [0.25, 0.3) is 0 Å². The summed E-state index contributed by atoms with van der Waals surface area (Å²) in [5.74, 6) is -0.410. The molecule has 1 aromatic carbocycles. The molecule has 0 bridgehead atoms. The second kappa shape index (κ2) is 7.19. The Bertz CT molecular complexity index is 640. The Morgan fingerprint density at radius 2 is 2.09 bits per heavy atom. The molecule has 2 aromatic rings. The number of carboxylic acids is 1. The molecule has 0 amide bonds. The number of rotatable bonds is 6. The van der Waals surface area contributed by atoms with Crippen LogP contribution in [0.2, 0.25) is 0 Å². The lowest BCUT2D eigenvalue weighted by Gasteiger charge is -2.26. The molecule has 0 radical (unpaired) electrons. The van der Waals surface area contributed by atoms with Gasteiger partial charge < -0.3 is 14.7 Å². The van der Waals surface area contributed by atoms with Crippen LogP contribution in [0.3, 0.4) is 0 Å². The first kappa shape index (κ1) is 15.4. The van der Waals surface area contributed by atoms with Crippen molar-refractivity contribution in [3.05, 3.63) is 54.0 Å². The number of aromatic carboxylic acids is 1. The van der Waals surface area contributed by atoms with Crippen molar-refractivity contribution >= 4 is 11.8 Å². The summed E-state index contributed by atoms with van der Waals surface area (Å²) in [5, 5.41) is 8.94. The predicted octanol–water partition coefficient (Wildman–Crippen LogP) is 2.36. The Kier molecular flexibility index (Phi) is 4.83. The van der Waals surface area contributed by atoms with Crippen molar-refractivity contribution in [1.29, 1.82) is 0 Å². The number of carbonyl (C=O) groups is 1. The number of benzene rings is 1. The lowest BCUT2D eigenvalue weighted by Crippen LogP contribution is -2.32. The summed E-state index contributed by atoms with van der Waals surface area (Å²) < 4.78 is 5.72. The zero-order valence-corrected chi connectivity index (χ0v) is 12.8. The average Bonchev–Trinajstić information content (AvgIpc) is 3.08. The lowest BCUT2D eigenvalue weighted by atomic mass is 10.2. The van der Waals surface area contributed by atoms with Gasteiger partial charge in [-0.3, -0.25) is 0 Å². The minimum absolute atomic E-state index is 0.0504. The number of anilines is 1. The van der Waals surface area contributed by atoms with Crippen LogP contribution in [0.1, 0.15) is 28.9 Å². The summed E-state index contributed by atoms with van der Waals surface area (Å²) in [6, 6.07) is 10.1. The van der Waals surface area contributed by atoms with Crippen LogP contribution in [-0.2, 0) is 11.3 Å². The van der Waals surface area contributed by atoms with E-state index >= 15 is 0 Å². The molecule has 1 aliphatic heterocycles. The second-order valence-electron chi connectivity index (χ2n) is 5.57. The smallest absolute Gasteiger partial charge is 0.356 e. The zero-order chi connectivity index (χ0) is 16.1. The van der Waals surface area contributed by atoms with Crippen LogP contribution < -0.4 is 4.90 Å². The maximum absolute atomic E-state index is 10.9. The highest BCUT2D eigenvalue weighted by molar-refractivity contribution is 5.84. The number of carboxylic acid groups (broad SMARTS) is 1. The fraction of sp³-hybridized carbons (Fsp3) is 0.353. The first-order valence-electron chi connectivity index (χ1n) is 7.68. The Hall–Kier alpha value is -2.47. The number of aromatic nitrogens is 2. The fourth-order valence-electron chi connectivity index (χ4n) is 2.67. The summed E-state index contributed by atoms with van der Waals surface area (Å²) in [4.78, 5) is 21.2. The van der Waals surface area contributed by atoms with Gasteiger partial charge in [0.1, 0.15) is 5.82 Å². The number of ether oxygens (including phenoxy) is 1. The summed E-state index contributed by atoms with van der Waals surface area (Å²) in [6.07, 6.45) is 5.10. The highest BCUT2D eigenvalue weighted by atomic mass is 16.5. The molecule has 2 heterocycles. The van der Waals surface area contributed by atoms with Gasteiger partial charge in [-0.1, -0.05) is 30.3 Å². The average molecular weight is 313 g/mol. The summed E-state index contributed by atoms with van der Waals surface area (Å²) in [7, 11) is 0. The summed E-state index contributed by atoms with van der Waals surface area (Å²) in [5.41, 5.74) is 1.11. The largest absolute Gasteiger partial charge is 0.476 e. The molecule has 1 aromatic heterocycles. The Balaban J connectivity index is 1.79. The van der Waals surface area contributed by atoms with E-state index in [1.54, 1.807) is 0 Å². The van der Waals surface area contributed by atoms with Gasteiger partial charge in [0.05, 0.1) is 18.5 Å². The van der Waals surface area contributed by atoms with Crippen LogP contribution in [0.5, 0.6) is 0 Å². The van der Waals surface area contributed by atoms with Gasteiger partial charge in [-0.05, 0) is 18.4 Å². The molecular formula is C17H19N3O3. The molecule has 1 N–H and O–H groups in total. The molecular weight excluding hydrogens is 294 g/mol. The minimum Gasteiger partial charge on any atom is -0.476 e. The van der Waals surface area contributed by atoms with Crippen molar-refractivity contribution in [2.24, 2.45) is 0 Å². The highest BCUT2D eigenvalue weighted by Gasteiger charge is 2.21. The van der Waals surface area contributed by atoms with Gasteiger partial charge in [-0.2, -0.15) is 0 Å². The van der Waals surface area contributed by atoms with Crippen LogP contribution in [0.4, 0.5) is 5.82 Å². The molecule has 1 saturated heterocycles. The molecule has 0 saturated carbocycles. The standard InChI is InChI=1S/C17H19N3O3/c21-17(22)15-9-19-16(10-18-15)20(12-14-7-4-8-23-14)11-13-5-2-1-3-6-13/h1-3,5-6,9-10,14H,4,7-8,11-12H2,(H,21,22). The van der Waals surface area contributed by atoms with Crippen molar-refractivity contribution in [2.75, 3.05) is 18.1 Å². The molecule has 3 rings (SSSR count). The van der Waals surface area contributed by atoms with Gasteiger partial charge in [-0.25, -0.2) is 14.8 Å². The van der Waals surface area contributed by atoms with Gasteiger partial charge >= 0.3 is 5.97 Å². The van der Waals surface area contributed by atoms with E-state index in [4.69, 9.17) is 9.84 Å². The maximum atomic E-state index is 10.9. The van der Waals surface area contributed by atoms with Crippen LogP contribution in [0.15, 0.2) is 42.7 Å². The highest BCUT2D eigenvalue weighted by Crippen LogP contribution is 2.19. The van der Waals surface area contributed by atoms with Gasteiger partial charge in [0.15, 0.2) is 5.69 Å². The van der Waals surface area contributed by atoms with E-state index in [2.05, 4.69) is 27.0 Å². The normalized spacial score (nSPS) is 17.1. The molecule has 1 atom stereocenters. The fourth-order valence-corrected chi connectivity index (χ4v) is 2.67. The SMILES string of the molecule is O=C(O)c1cnc(N(Cc2ccccc2)CC2CCCO2)cn1. The molecule has 120 valence electrons. The first-order valence-corrected chi connectivity index (χ1v) is 7.68. The summed E-state index contributed by atoms with van der Waals surface area (Å²) >= 11 is 0. The molecule has 0 spiro atoms. The van der Waals surface area contributed by atoms with E-state index in [-0.39, 0.29) is 11.8 Å². The third-order valence-corrected chi connectivity index (χ3v) is 3.85. The molecule has 1 aliphatic rings. The quantitative estimate of drug-likeness (QED) is 0.882. The number of hydrogen-bond acceptors (Lipinski definition) is 5. The Morgan fingerprint density at radius 1 is 1.26 bits per heavy atom. The van der Waals surface area contributed by atoms with Gasteiger partial charge in [-0.15, -0.1) is 0 Å². The van der Waals surface area contributed by atoms with Crippen LogP contribution >= 0.6 is 0 Å². The van der Waals surface area contributed by atoms with Crippen molar-refractivity contribution in [3.8, 4) is 0 Å². The van der Waals surface area contributed by atoms with E-state index in [0.29, 0.717) is 12.4 Å². The van der Waals surface area contributed by atoms with Gasteiger partial charge in [0.2, 0.25) is 0 Å². The maximum Gasteiger partial charge on any atom is 0.356 e. The number of nitrogens with zero attached hydrogens (tertiary/aromatic N) is 3. The van der Waals surface area contributed by atoms with E-state index < -0.39 is 5.97 Å². The second-order valence-corrected chi connectivity index (χ2v) is 5.57. The Labute approximate surface area is 134 Å². The van der Waals surface area contributed by atoms with E-state index in [0.717, 1.165) is 31.6 Å². The van der Waals surface area contributed by atoms with Crippen LogP contribution in [0, 0.1) is 0 Å². The molecule has 23 heavy (non-hydrogen) atoms. The Morgan fingerprint density at radius 3 is 2.70 bits per heavy atom. The molecule has 1 fully saturated rings. The lowest BCUT2D eigenvalue weighted by molar-refractivity contribution is 0.0690. The first-order chi connectivity index (χ1) is 11.2. The molecule has 6 nitrogen and oxygen atoms in total. The topological polar surface area (TPSA) is 75.5 Å². The third kappa shape index (κ3) is 4.04.